The molecule has 1 fully saturated rings. The first-order valence-electron chi connectivity index (χ1n) is 6.76. The van der Waals surface area contributed by atoms with Crippen LogP contribution in [0.3, 0.4) is 0 Å². The van der Waals surface area contributed by atoms with Gasteiger partial charge in [-0.15, -0.1) is 0 Å². The quantitative estimate of drug-likeness (QED) is 0.868. The molecule has 1 heterocycles. The Labute approximate surface area is 118 Å². The number of carbonyl (C=O) groups is 1. The number of benzene rings is 2. The van der Waals surface area contributed by atoms with Crippen LogP contribution < -0.4 is 0 Å². The van der Waals surface area contributed by atoms with Crippen molar-refractivity contribution in [2.24, 2.45) is 0 Å². The Hall–Kier alpha value is -2.13. The Morgan fingerprint density at radius 3 is 2.35 bits per heavy atom. The van der Waals surface area contributed by atoms with Crippen molar-refractivity contribution < 1.29 is 9.90 Å². The minimum absolute atomic E-state index is 0.195. The van der Waals surface area contributed by atoms with Crippen LogP contribution in [0.2, 0.25) is 0 Å². The molecule has 1 saturated heterocycles. The first kappa shape index (κ1) is 12.9. The number of nitrogens with zero attached hydrogens (tertiary/aromatic N) is 1. The lowest BCUT2D eigenvalue weighted by Gasteiger charge is -2.45. The highest BCUT2D eigenvalue weighted by Gasteiger charge is 2.46. The van der Waals surface area contributed by atoms with Crippen molar-refractivity contribution in [2.75, 3.05) is 0 Å². The van der Waals surface area contributed by atoms with Gasteiger partial charge in [0, 0.05) is 6.54 Å². The van der Waals surface area contributed by atoms with Crippen molar-refractivity contribution >= 4 is 5.91 Å². The fourth-order valence-electron chi connectivity index (χ4n) is 2.61. The minimum atomic E-state index is -0.915. The summed E-state index contributed by atoms with van der Waals surface area (Å²) in [6, 6.07) is 17.6. The number of aliphatic hydroxyl groups excluding tert-OH is 1. The molecule has 2 aromatic rings. The van der Waals surface area contributed by atoms with Gasteiger partial charge >= 0.3 is 0 Å². The second kappa shape index (κ2) is 5.10. The summed E-state index contributed by atoms with van der Waals surface area (Å²) in [5, 5.41) is 9.96. The number of aryl methyl sites for hydroxylation is 1. The predicted octanol–water partition coefficient (Wildman–Crippen LogP) is 2.44. The highest BCUT2D eigenvalue weighted by Crippen LogP contribution is 2.36. The van der Waals surface area contributed by atoms with Crippen LogP contribution in [0, 0.1) is 6.92 Å². The summed E-state index contributed by atoms with van der Waals surface area (Å²) >= 11 is 0. The summed E-state index contributed by atoms with van der Waals surface area (Å²) in [5.74, 6) is -0.195. The molecule has 1 amide bonds. The van der Waals surface area contributed by atoms with Crippen molar-refractivity contribution in [3.05, 3.63) is 71.3 Å². The molecule has 102 valence electrons. The number of β-lactam (4-membered cyclic amide) rings is 1. The van der Waals surface area contributed by atoms with Crippen molar-refractivity contribution in [3.63, 3.8) is 0 Å². The summed E-state index contributed by atoms with van der Waals surface area (Å²) in [7, 11) is 0. The second-order valence-electron chi connectivity index (χ2n) is 5.25. The van der Waals surface area contributed by atoms with E-state index in [-0.39, 0.29) is 11.9 Å². The zero-order valence-electron chi connectivity index (χ0n) is 11.4. The molecule has 0 unspecified atom stereocenters. The molecule has 2 atom stereocenters. The Morgan fingerprint density at radius 1 is 1.05 bits per heavy atom. The summed E-state index contributed by atoms with van der Waals surface area (Å²) in [6.45, 7) is 2.56. The molecule has 0 radical (unpaired) electrons. The van der Waals surface area contributed by atoms with E-state index in [1.807, 2.05) is 61.5 Å². The number of hydrogen-bond acceptors (Lipinski definition) is 2. The van der Waals surface area contributed by atoms with E-state index in [1.165, 1.54) is 5.56 Å². The lowest BCUT2D eigenvalue weighted by atomic mass is 9.90. The van der Waals surface area contributed by atoms with Gasteiger partial charge in [-0.25, -0.2) is 0 Å². The SMILES string of the molecule is Cc1ccc([C@H]2[C@@H](O)C(=O)N2Cc2ccccc2)cc1. The van der Waals surface area contributed by atoms with E-state index in [9.17, 15) is 9.90 Å². The smallest absolute Gasteiger partial charge is 0.254 e. The zero-order valence-corrected chi connectivity index (χ0v) is 11.4. The van der Waals surface area contributed by atoms with E-state index < -0.39 is 6.10 Å². The largest absolute Gasteiger partial charge is 0.381 e. The third-order valence-electron chi connectivity index (χ3n) is 3.79. The average molecular weight is 267 g/mol. The molecule has 0 spiro atoms. The number of hydrogen-bond donors (Lipinski definition) is 1. The van der Waals surface area contributed by atoms with Crippen molar-refractivity contribution in [1.82, 2.24) is 4.90 Å². The van der Waals surface area contributed by atoms with Gasteiger partial charge in [-0.1, -0.05) is 60.2 Å². The Bertz CT molecular complexity index is 607. The molecule has 1 aliphatic rings. The molecular weight excluding hydrogens is 250 g/mol. The molecule has 1 aliphatic heterocycles. The highest BCUT2D eigenvalue weighted by atomic mass is 16.3. The standard InChI is InChI=1S/C17H17NO2/c1-12-7-9-14(10-8-12)15-16(19)17(20)18(15)11-13-5-3-2-4-6-13/h2-10,15-16,19H,11H2,1H3/t15-,16+/m0/s1. The molecular formula is C17H17NO2. The molecule has 3 rings (SSSR count). The summed E-state index contributed by atoms with van der Waals surface area (Å²) in [4.78, 5) is 13.6. The van der Waals surface area contributed by atoms with Gasteiger partial charge in [0.05, 0.1) is 6.04 Å². The minimum Gasteiger partial charge on any atom is -0.381 e. The fourth-order valence-corrected chi connectivity index (χ4v) is 2.61. The van der Waals surface area contributed by atoms with Crippen molar-refractivity contribution in [2.45, 2.75) is 25.6 Å². The number of carbonyl (C=O) groups excluding carboxylic acids is 1. The van der Waals surface area contributed by atoms with Crippen LogP contribution in [-0.2, 0) is 11.3 Å². The van der Waals surface area contributed by atoms with E-state index in [1.54, 1.807) is 4.90 Å². The third kappa shape index (κ3) is 2.21. The highest BCUT2D eigenvalue weighted by molar-refractivity contribution is 5.88. The Kier molecular flexibility index (Phi) is 3.28. The summed E-state index contributed by atoms with van der Waals surface area (Å²) in [6.07, 6.45) is -0.915. The maximum Gasteiger partial charge on any atom is 0.254 e. The van der Waals surface area contributed by atoms with Crippen molar-refractivity contribution in [1.29, 1.82) is 0 Å². The van der Waals surface area contributed by atoms with Gasteiger partial charge in [0.25, 0.3) is 5.91 Å². The molecule has 0 aliphatic carbocycles. The zero-order chi connectivity index (χ0) is 14.1. The van der Waals surface area contributed by atoms with Crippen LogP contribution >= 0.6 is 0 Å². The van der Waals surface area contributed by atoms with E-state index in [0.717, 1.165) is 11.1 Å². The Balaban J connectivity index is 1.82. The van der Waals surface area contributed by atoms with Gasteiger partial charge in [-0.05, 0) is 18.1 Å². The third-order valence-corrected chi connectivity index (χ3v) is 3.79. The van der Waals surface area contributed by atoms with Crippen LogP contribution in [-0.4, -0.2) is 22.0 Å². The first-order valence-corrected chi connectivity index (χ1v) is 6.76. The molecule has 0 bridgehead atoms. The molecule has 3 heteroatoms. The number of amides is 1. The van der Waals surface area contributed by atoms with Crippen molar-refractivity contribution in [3.8, 4) is 0 Å². The molecule has 0 saturated carbocycles. The molecule has 3 nitrogen and oxygen atoms in total. The molecule has 2 aromatic carbocycles. The summed E-state index contributed by atoms with van der Waals surface area (Å²) in [5.41, 5.74) is 3.23. The summed E-state index contributed by atoms with van der Waals surface area (Å²) < 4.78 is 0. The van der Waals surface area contributed by atoms with Gasteiger partial charge < -0.3 is 10.0 Å². The number of aliphatic hydroxyl groups is 1. The van der Waals surface area contributed by atoms with Crippen LogP contribution in [0.5, 0.6) is 0 Å². The molecule has 1 N–H and O–H groups in total. The number of likely N-dealkylation sites (tertiary alicyclic amines) is 1. The maximum absolute atomic E-state index is 11.9. The van der Waals surface area contributed by atoms with Crippen LogP contribution in [0.15, 0.2) is 54.6 Å². The normalized spacial score (nSPS) is 21.7. The maximum atomic E-state index is 11.9. The van der Waals surface area contributed by atoms with Crippen LogP contribution in [0.4, 0.5) is 0 Å². The first-order chi connectivity index (χ1) is 9.66. The monoisotopic (exact) mass is 267 g/mol. The van der Waals surface area contributed by atoms with Gasteiger partial charge in [0.1, 0.15) is 0 Å². The van der Waals surface area contributed by atoms with Gasteiger partial charge in [0.2, 0.25) is 0 Å². The van der Waals surface area contributed by atoms with E-state index in [4.69, 9.17) is 0 Å². The van der Waals surface area contributed by atoms with E-state index in [2.05, 4.69) is 0 Å². The lowest BCUT2D eigenvalue weighted by molar-refractivity contribution is -0.168. The Morgan fingerprint density at radius 2 is 1.70 bits per heavy atom. The van der Waals surface area contributed by atoms with Crippen LogP contribution in [0.1, 0.15) is 22.7 Å². The molecule has 0 aromatic heterocycles. The van der Waals surface area contributed by atoms with E-state index in [0.29, 0.717) is 6.54 Å². The van der Waals surface area contributed by atoms with Gasteiger partial charge in [0.15, 0.2) is 6.10 Å². The molecule has 20 heavy (non-hydrogen) atoms. The van der Waals surface area contributed by atoms with Gasteiger partial charge in [-0.3, -0.25) is 4.79 Å². The van der Waals surface area contributed by atoms with Crippen LogP contribution in [0.25, 0.3) is 0 Å². The van der Waals surface area contributed by atoms with E-state index >= 15 is 0 Å². The lowest BCUT2D eigenvalue weighted by Crippen LogP contribution is -2.58. The van der Waals surface area contributed by atoms with Gasteiger partial charge in [-0.2, -0.15) is 0 Å². The average Bonchev–Trinajstić information content (AvgIpc) is 2.49. The second-order valence-corrected chi connectivity index (χ2v) is 5.25. The topological polar surface area (TPSA) is 40.5 Å². The number of rotatable bonds is 3. The predicted molar refractivity (Wildman–Crippen MR) is 76.9 cm³/mol. The fraction of sp³-hybridized carbons (Fsp3) is 0.235.